The molecule has 0 fully saturated rings. The molecule has 0 radical (unpaired) electrons. The van der Waals surface area contributed by atoms with E-state index in [2.05, 4.69) is 20.8 Å². The maximum atomic E-state index is 6.13. The van der Waals surface area contributed by atoms with Gasteiger partial charge in [0.2, 0.25) is 0 Å². The Morgan fingerprint density at radius 1 is 1.50 bits per heavy atom. The topological polar surface area (TPSA) is 29.3 Å². The second kappa shape index (κ2) is 5.12. The Morgan fingerprint density at radius 2 is 2.14 bits per heavy atom. The first-order chi connectivity index (χ1) is 6.56. The van der Waals surface area contributed by atoms with Crippen molar-refractivity contribution in [2.24, 2.45) is 5.73 Å². The van der Waals surface area contributed by atoms with E-state index >= 15 is 0 Å². The van der Waals surface area contributed by atoms with Crippen LogP contribution in [0.25, 0.3) is 0 Å². The molecule has 2 N–H and O–H groups in total. The van der Waals surface area contributed by atoms with Gasteiger partial charge in [-0.3, -0.25) is 0 Å². The van der Waals surface area contributed by atoms with Gasteiger partial charge < -0.3 is 10.6 Å². The molecule has 0 amide bonds. The summed E-state index contributed by atoms with van der Waals surface area (Å²) >= 11 is 9.51. The average Bonchev–Trinajstić information content (AvgIpc) is 2.09. The van der Waals surface area contributed by atoms with Gasteiger partial charge in [0, 0.05) is 22.1 Å². The molecule has 0 saturated carbocycles. The predicted molar refractivity (Wildman–Crippen MR) is 64.6 cm³/mol. The highest BCUT2D eigenvalue weighted by Crippen LogP contribution is 2.28. The second-order valence-corrected chi connectivity index (χ2v) is 4.70. The largest absolute Gasteiger partial charge is 0.329 e. The summed E-state index contributed by atoms with van der Waals surface area (Å²) in [5, 5.41) is 0.753. The summed E-state index contributed by atoms with van der Waals surface area (Å²) in [6.07, 6.45) is 0. The molecule has 0 aliphatic rings. The Morgan fingerprint density at radius 3 is 2.57 bits per heavy atom. The number of hydrogen-bond acceptors (Lipinski definition) is 2. The van der Waals surface area contributed by atoms with Crippen molar-refractivity contribution in [3.8, 4) is 0 Å². The van der Waals surface area contributed by atoms with E-state index < -0.39 is 0 Å². The minimum Gasteiger partial charge on any atom is -0.329 e. The fourth-order valence-electron chi connectivity index (χ4n) is 1.39. The summed E-state index contributed by atoms with van der Waals surface area (Å²) in [5.74, 6) is 0. The van der Waals surface area contributed by atoms with Crippen LogP contribution in [0, 0.1) is 0 Å². The molecule has 0 bridgehead atoms. The molecule has 0 saturated heterocycles. The van der Waals surface area contributed by atoms with E-state index in [-0.39, 0.29) is 6.04 Å². The fraction of sp³-hybridized carbons (Fsp3) is 0.400. The van der Waals surface area contributed by atoms with Crippen molar-refractivity contribution in [1.29, 1.82) is 0 Å². The van der Waals surface area contributed by atoms with Crippen LogP contribution in [0.1, 0.15) is 11.6 Å². The first-order valence-electron chi connectivity index (χ1n) is 4.37. The summed E-state index contributed by atoms with van der Waals surface area (Å²) in [7, 11) is 3.99. The molecule has 14 heavy (non-hydrogen) atoms. The van der Waals surface area contributed by atoms with Crippen LogP contribution in [-0.2, 0) is 0 Å². The Balaban J connectivity index is 3.04. The Kier molecular flexibility index (Phi) is 4.38. The van der Waals surface area contributed by atoms with Gasteiger partial charge in [-0.15, -0.1) is 0 Å². The van der Waals surface area contributed by atoms with Crippen LogP contribution < -0.4 is 5.73 Å². The minimum absolute atomic E-state index is 0.176. The molecule has 1 aromatic carbocycles. The van der Waals surface area contributed by atoms with Crippen molar-refractivity contribution < 1.29 is 0 Å². The smallest absolute Gasteiger partial charge is 0.0479 e. The first-order valence-corrected chi connectivity index (χ1v) is 5.54. The van der Waals surface area contributed by atoms with Gasteiger partial charge in [0.1, 0.15) is 0 Å². The van der Waals surface area contributed by atoms with Gasteiger partial charge in [0.25, 0.3) is 0 Å². The van der Waals surface area contributed by atoms with E-state index in [9.17, 15) is 0 Å². The molecular weight excluding hydrogens is 263 g/mol. The van der Waals surface area contributed by atoms with Gasteiger partial charge in [-0.05, 0) is 31.8 Å². The molecular formula is C10H14BrClN2. The lowest BCUT2D eigenvalue weighted by Crippen LogP contribution is -2.27. The van der Waals surface area contributed by atoms with Crippen LogP contribution in [-0.4, -0.2) is 25.5 Å². The molecule has 0 aromatic heterocycles. The summed E-state index contributed by atoms with van der Waals surface area (Å²) in [4.78, 5) is 2.06. The third-order valence-corrected chi connectivity index (χ3v) is 2.99. The van der Waals surface area contributed by atoms with Crippen LogP contribution in [0.3, 0.4) is 0 Å². The third kappa shape index (κ3) is 2.70. The molecule has 4 heteroatoms. The van der Waals surface area contributed by atoms with Crippen molar-refractivity contribution in [3.05, 3.63) is 33.3 Å². The number of likely N-dealkylation sites (N-methyl/N-ethyl adjacent to an activating group) is 1. The Labute approximate surface area is 98.2 Å². The normalized spacial score (nSPS) is 13.3. The number of hydrogen-bond donors (Lipinski definition) is 1. The van der Waals surface area contributed by atoms with Crippen molar-refractivity contribution in [1.82, 2.24) is 4.90 Å². The van der Waals surface area contributed by atoms with Crippen molar-refractivity contribution in [2.45, 2.75) is 6.04 Å². The number of halogens is 2. The molecule has 0 heterocycles. The number of benzene rings is 1. The molecule has 0 spiro atoms. The van der Waals surface area contributed by atoms with Crippen molar-refractivity contribution >= 4 is 27.5 Å². The monoisotopic (exact) mass is 276 g/mol. The zero-order valence-corrected chi connectivity index (χ0v) is 10.6. The quantitative estimate of drug-likeness (QED) is 0.920. The summed E-state index contributed by atoms with van der Waals surface area (Å²) in [6, 6.07) is 6.05. The van der Waals surface area contributed by atoms with E-state index in [1.165, 1.54) is 0 Å². The molecule has 0 aliphatic carbocycles. The van der Waals surface area contributed by atoms with E-state index in [1.54, 1.807) is 0 Å². The highest BCUT2D eigenvalue weighted by Gasteiger charge is 2.14. The molecule has 1 aromatic rings. The molecule has 1 atom stereocenters. The molecule has 0 aliphatic heterocycles. The minimum atomic E-state index is 0.176. The van der Waals surface area contributed by atoms with Crippen molar-refractivity contribution in [2.75, 3.05) is 20.6 Å². The van der Waals surface area contributed by atoms with Gasteiger partial charge in [0.05, 0.1) is 0 Å². The summed E-state index contributed by atoms with van der Waals surface area (Å²) in [6.45, 7) is 0.564. The Hall–Kier alpha value is -0.0900. The lowest BCUT2D eigenvalue weighted by Gasteiger charge is -2.24. The van der Waals surface area contributed by atoms with E-state index in [1.807, 2.05) is 32.3 Å². The predicted octanol–water partition coefficient (Wildman–Crippen LogP) is 2.66. The van der Waals surface area contributed by atoms with E-state index in [0.717, 1.165) is 15.1 Å². The zero-order valence-electron chi connectivity index (χ0n) is 8.30. The van der Waals surface area contributed by atoms with Crippen molar-refractivity contribution in [3.63, 3.8) is 0 Å². The SMILES string of the molecule is CN(C)C(CN)c1ccc(Br)cc1Cl. The zero-order chi connectivity index (χ0) is 10.7. The standard InChI is InChI=1S/C10H14BrClN2/c1-14(2)10(6-13)8-4-3-7(11)5-9(8)12/h3-5,10H,6,13H2,1-2H3. The van der Waals surface area contributed by atoms with Gasteiger partial charge in [-0.1, -0.05) is 33.6 Å². The number of nitrogens with two attached hydrogens (primary N) is 1. The summed E-state index contributed by atoms with van der Waals surface area (Å²) in [5.41, 5.74) is 6.77. The number of rotatable bonds is 3. The molecule has 1 rings (SSSR count). The molecule has 2 nitrogen and oxygen atoms in total. The van der Waals surface area contributed by atoms with E-state index in [0.29, 0.717) is 6.54 Å². The Bertz CT molecular complexity index is 315. The van der Waals surface area contributed by atoms with Crippen LogP contribution in [0.15, 0.2) is 22.7 Å². The van der Waals surface area contributed by atoms with Gasteiger partial charge >= 0.3 is 0 Å². The number of nitrogens with zero attached hydrogens (tertiary/aromatic N) is 1. The third-order valence-electron chi connectivity index (χ3n) is 2.17. The average molecular weight is 278 g/mol. The lowest BCUT2D eigenvalue weighted by molar-refractivity contribution is 0.306. The fourth-order valence-corrected chi connectivity index (χ4v) is 2.19. The van der Waals surface area contributed by atoms with Gasteiger partial charge in [0.15, 0.2) is 0 Å². The highest BCUT2D eigenvalue weighted by atomic mass is 79.9. The second-order valence-electron chi connectivity index (χ2n) is 3.38. The van der Waals surface area contributed by atoms with Crippen LogP contribution in [0.2, 0.25) is 5.02 Å². The van der Waals surface area contributed by atoms with Gasteiger partial charge in [-0.25, -0.2) is 0 Å². The lowest BCUT2D eigenvalue weighted by atomic mass is 10.1. The van der Waals surface area contributed by atoms with Crippen LogP contribution in [0.4, 0.5) is 0 Å². The van der Waals surface area contributed by atoms with Crippen LogP contribution >= 0.6 is 27.5 Å². The van der Waals surface area contributed by atoms with Crippen LogP contribution in [0.5, 0.6) is 0 Å². The maximum absolute atomic E-state index is 6.13. The summed E-state index contributed by atoms with van der Waals surface area (Å²) < 4.78 is 0.987. The highest BCUT2D eigenvalue weighted by molar-refractivity contribution is 9.10. The van der Waals surface area contributed by atoms with E-state index in [4.69, 9.17) is 17.3 Å². The van der Waals surface area contributed by atoms with Gasteiger partial charge in [-0.2, -0.15) is 0 Å². The molecule has 78 valence electrons. The first kappa shape index (κ1) is 12.0. The maximum Gasteiger partial charge on any atom is 0.0479 e. The molecule has 1 unspecified atom stereocenters.